The Bertz CT molecular complexity index is 235. The third-order valence-corrected chi connectivity index (χ3v) is 3.18. The van der Waals surface area contributed by atoms with Crippen molar-refractivity contribution >= 4 is 0 Å². The molecule has 0 aromatic carbocycles. The lowest BCUT2D eigenvalue weighted by molar-refractivity contribution is 0.0690. The van der Waals surface area contributed by atoms with Gasteiger partial charge in [0.25, 0.3) is 0 Å². The van der Waals surface area contributed by atoms with Crippen LogP contribution in [0, 0.1) is 11.8 Å². The topological polar surface area (TPSA) is 40.5 Å². The highest BCUT2D eigenvalue weighted by Gasteiger charge is 2.26. The van der Waals surface area contributed by atoms with Crippen molar-refractivity contribution in [2.75, 3.05) is 0 Å². The van der Waals surface area contributed by atoms with E-state index in [2.05, 4.69) is 11.8 Å². The average molecular weight is 254 g/mol. The maximum absolute atomic E-state index is 10.4. The monoisotopic (exact) mass is 254 g/mol. The molecule has 0 saturated carbocycles. The Hall–Kier alpha value is -0.520. The van der Waals surface area contributed by atoms with Crippen LogP contribution in [0.25, 0.3) is 0 Å². The molecular weight excluding hydrogens is 224 g/mol. The van der Waals surface area contributed by atoms with Gasteiger partial charge in [-0.2, -0.15) is 0 Å². The fourth-order valence-electron chi connectivity index (χ4n) is 2.39. The van der Waals surface area contributed by atoms with Crippen molar-refractivity contribution < 1.29 is 10.2 Å². The summed E-state index contributed by atoms with van der Waals surface area (Å²) in [5.74, 6) is 5.93. The minimum Gasteiger partial charge on any atom is -0.378 e. The molecule has 0 aliphatic rings. The highest BCUT2D eigenvalue weighted by Crippen LogP contribution is 2.22. The van der Waals surface area contributed by atoms with E-state index in [1.807, 2.05) is 27.7 Å². The second kappa shape index (κ2) is 8.56. The van der Waals surface area contributed by atoms with E-state index < -0.39 is 11.2 Å². The number of aliphatic hydroxyl groups is 2. The maximum atomic E-state index is 10.4. The van der Waals surface area contributed by atoms with Crippen LogP contribution >= 0.6 is 0 Å². The molecule has 2 N–H and O–H groups in total. The smallest absolute Gasteiger partial charge is 0.125 e. The summed E-state index contributed by atoms with van der Waals surface area (Å²) < 4.78 is 0. The third kappa shape index (κ3) is 6.42. The third-order valence-electron chi connectivity index (χ3n) is 3.18. The molecule has 2 heteroatoms. The second-order valence-corrected chi connectivity index (χ2v) is 5.31. The summed E-state index contributed by atoms with van der Waals surface area (Å²) in [5.41, 5.74) is -1.84. The van der Waals surface area contributed by atoms with Crippen LogP contribution in [0.1, 0.15) is 79.1 Å². The lowest BCUT2D eigenvalue weighted by Crippen LogP contribution is -2.30. The lowest BCUT2D eigenvalue weighted by Gasteiger charge is -2.24. The van der Waals surface area contributed by atoms with Gasteiger partial charge in [0, 0.05) is 0 Å². The van der Waals surface area contributed by atoms with Crippen LogP contribution in [-0.2, 0) is 0 Å². The van der Waals surface area contributed by atoms with E-state index in [0.717, 1.165) is 25.7 Å². The van der Waals surface area contributed by atoms with E-state index in [1.54, 1.807) is 0 Å². The zero-order chi connectivity index (χ0) is 14.1. The first-order valence-electron chi connectivity index (χ1n) is 7.44. The Kier molecular flexibility index (Phi) is 8.31. The van der Waals surface area contributed by atoms with Crippen LogP contribution in [0.15, 0.2) is 0 Å². The molecule has 0 fully saturated rings. The molecule has 0 aliphatic carbocycles. The van der Waals surface area contributed by atoms with Crippen molar-refractivity contribution in [3.8, 4) is 11.8 Å². The standard InChI is InChI=1S/C16H30O2/c1-5-9-15(17,10-6-2)13-14-16(18,11-7-3)12-8-4/h17-18H,5-12H2,1-4H3. The van der Waals surface area contributed by atoms with E-state index in [1.165, 1.54) is 0 Å². The first-order chi connectivity index (χ1) is 8.45. The van der Waals surface area contributed by atoms with Crippen LogP contribution in [0.4, 0.5) is 0 Å². The molecule has 0 bridgehead atoms. The van der Waals surface area contributed by atoms with Gasteiger partial charge in [-0.15, -0.1) is 0 Å². The molecule has 0 radical (unpaired) electrons. The molecule has 0 saturated heterocycles. The zero-order valence-corrected chi connectivity index (χ0v) is 12.6. The van der Waals surface area contributed by atoms with Crippen LogP contribution in [-0.4, -0.2) is 21.4 Å². The van der Waals surface area contributed by atoms with Crippen molar-refractivity contribution in [2.24, 2.45) is 0 Å². The minimum atomic E-state index is -0.918. The summed E-state index contributed by atoms with van der Waals surface area (Å²) in [6, 6.07) is 0. The second-order valence-electron chi connectivity index (χ2n) is 5.31. The van der Waals surface area contributed by atoms with E-state index in [0.29, 0.717) is 25.7 Å². The summed E-state index contributed by atoms with van der Waals surface area (Å²) in [6.07, 6.45) is 6.36. The molecule has 106 valence electrons. The predicted molar refractivity (Wildman–Crippen MR) is 77.3 cm³/mol. The molecule has 18 heavy (non-hydrogen) atoms. The quantitative estimate of drug-likeness (QED) is 0.649. The summed E-state index contributed by atoms with van der Waals surface area (Å²) in [7, 11) is 0. The average Bonchev–Trinajstić information content (AvgIpc) is 2.28. The van der Waals surface area contributed by atoms with E-state index in [-0.39, 0.29) is 0 Å². The van der Waals surface area contributed by atoms with Gasteiger partial charge in [0.15, 0.2) is 0 Å². The van der Waals surface area contributed by atoms with E-state index in [4.69, 9.17) is 0 Å². The molecular formula is C16H30O2. The van der Waals surface area contributed by atoms with Crippen molar-refractivity contribution in [3.05, 3.63) is 0 Å². The molecule has 0 aliphatic heterocycles. The van der Waals surface area contributed by atoms with Crippen LogP contribution in [0.2, 0.25) is 0 Å². The molecule has 0 unspecified atom stereocenters. The van der Waals surface area contributed by atoms with Crippen molar-refractivity contribution in [1.29, 1.82) is 0 Å². The van der Waals surface area contributed by atoms with Crippen molar-refractivity contribution in [1.82, 2.24) is 0 Å². The van der Waals surface area contributed by atoms with E-state index in [9.17, 15) is 10.2 Å². The van der Waals surface area contributed by atoms with Gasteiger partial charge in [-0.3, -0.25) is 0 Å². The Morgan fingerprint density at radius 1 is 0.611 bits per heavy atom. The summed E-state index contributed by atoms with van der Waals surface area (Å²) in [5, 5.41) is 20.9. The van der Waals surface area contributed by atoms with Gasteiger partial charge < -0.3 is 10.2 Å². The molecule has 0 rings (SSSR count). The maximum Gasteiger partial charge on any atom is 0.125 e. The molecule has 0 aromatic heterocycles. The van der Waals surface area contributed by atoms with Gasteiger partial charge in [0.2, 0.25) is 0 Å². The van der Waals surface area contributed by atoms with E-state index >= 15 is 0 Å². The van der Waals surface area contributed by atoms with Crippen LogP contribution < -0.4 is 0 Å². The minimum absolute atomic E-state index is 0.683. The van der Waals surface area contributed by atoms with Crippen molar-refractivity contribution in [2.45, 2.75) is 90.3 Å². The molecule has 0 aromatic rings. The highest BCUT2D eigenvalue weighted by molar-refractivity contribution is 5.21. The Morgan fingerprint density at radius 3 is 1.00 bits per heavy atom. The molecule has 2 nitrogen and oxygen atoms in total. The van der Waals surface area contributed by atoms with Gasteiger partial charge >= 0.3 is 0 Å². The van der Waals surface area contributed by atoms with Crippen LogP contribution in [0.5, 0.6) is 0 Å². The lowest BCUT2D eigenvalue weighted by atomic mass is 9.89. The summed E-state index contributed by atoms with van der Waals surface area (Å²) >= 11 is 0. The summed E-state index contributed by atoms with van der Waals surface area (Å²) in [4.78, 5) is 0. The fourth-order valence-corrected chi connectivity index (χ4v) is 2.39. The van der Waals surface area contributed by atoms with Gasteiger partial charge in [-0.25, -0.2) is 0 Å². The number of hydrogen-bond acceptors (Lipinski definition) is 2. The van der Waals surface area contributed by atoms with Crippen LogP contribution in [0.3, 0.4) is 0 Å². The van der Waals surface area contributed by atoms with Gasteiger partial charge in [-0.1, -0.05) is 65.2 Å². The number of rotatable bonds is 8. The first-order valence-corrected chi connectivity index (χ1v) is 7.44. The van der Waals surface area contributed by atoms with Gasteiger partial charge in [0.05, 0.1) is 0 Å². The normalized spacial score (nSPS) is 12.1. The Labute approximate surface area is 113 Å². The number of hydrogen-bond donors (Lipinski definition) is 2. The predicted octanol–water partition coefficient (Wildman–Crippen LogP) is 3.65. The SMILES string of the molecule is CCCC(O)(C#CC(O)(CCC)CCC)CCC. The molecule has 0 atom stereocenters. The largest absolute Gasteiger partial charge is 0.378 e. The van der Waals surface area contributed by atoms with Gasteiger partial charge in [-0.05, 0) is 25.7 Å². The molecule has 0 heterocycles. The molecule has 0 spiro atoms. The fraction of sp³-hybridized carbons (Fsp3) is 0.875. The first kappa shape index (κ1) is 17.5. The van der Waals surface area contributed by atoms with Crippen molar-refractivity contribution in [3.63, 3.8) is 0 Å². The zero-order valence-electron chi connectivity index (χ0n) is 12.6. The summed E-state index contributed by atoms with van der Waals surface area (Å²) in [6.45, 7) is 8.19. The Morgan fingerprint density at radius 2 is 0.833 bits per heavy atom. The highest BCUT2D eigenvalue weighted by atomic mass is 16.3. The molecule has 0 amide bonds. The van der Waals surface area contributed by atoms with Gasteiger partial charge in [0.1, 0.15) is 11.2 Å². The Balaban J connectivity index is 4.91.